The van der Waals surface area contributed by atoms with Crippen LogP contribution in [0.15, 0.2) is 59.1 Å². The molecule has 0 bridgehead atoms. The fourth-order valence-corrected chi connectivity index (χ4v) is 3.57. The molecule has 1 saturated heterocycles. The number of para-hydroxylation sites is 3. The number of ether oxygens (including phenoxy) is 2. The van der Waals surface area contributed by atoms with E-state index >= 15 is 0 Å². The third-order valence-corrected chi connectivity index (χ3v) is 5.09. The summed E-state index contributed by atoms with van der Waals surface area (Å²) in [5.41, 5.74) is 0.663. The topological polar surface area (TPSA) is 89.7 Å². The van der Waals surface area contributed by atoms with Crippen molar-refractivity contribution < 1.29 is 18.8 Å². The standard InChI is InChI=1S/C23H26N4O4/c1-2-29-20-13-7-6-12-19(20)24-23(28)27-14-8-9-17(15-27)22-25-21(31-26-22)16-30-18-10-4-3-5-11-18/h3-7,10-13,17H,2,8-9,14-16H2,1H3,(H,24,28). The van der Waals surface area contributed by atoms with Gasteiger partial charge in [0.25, 0.3) is 5.89 Å². The summed E-state index contributed by atoms with van der Waals surface area (Å²) in [4.78, 5) is 19.1. The predicted octanol–water partition coefficient (Wildman–Crippen LogP) is 4.46. The van der Waals surface area contributed by atoms with Gasteiger partial charge in [0.2, 0.25) is 0 Å². The molecule has 8 heteroatoms. The van der Waals surface area contributed by atoms with Crippen LogP contribution >= 0.6 is 0 Å². The SMILES string of the molecule is CCOc1ccccc1NC(=O)N1CCCC(c2noc(COc3ccccc3)n2)C1. The van der Waals surface area contributed by atoms with E-state index in [-0.39, 0.29) is 18.6 Å². The van der Waals surface area contributed by atoms with Crippen molar-refractivity contribution in [1.29, 1.82) is 0 Å². The first-order valence-corrected chi connectivity index (χ1v) is 10.5. The number of piperidine rings is 1. The summed E-state index contributed by atoms with van der Waals surface area (Å²) < 4.78 is 16.6. The van der Waals surface area contributed by atoms with E-state index in [1.165, 1.54) is 0 Å². The van der Waals surface area contributed by atoms with Crippen molar-refractivity contribution in [3.05, 3.63) is 66.3 Å². The molecule has 0 saturated carbocycles. The molecular formula is C23H26N4O4. The number of hydrogen-bond donors (Lipinski definition) is 1. The van der Waals surface area contributed by atoms with E-state index in [0.29, 0.717) is 42.8 Å². The average Bonchev–Trinajstić information content (AvgIpc) is 3.29. The smallest absolute Gasteiger partial charge is 0.321 e. The summed E-state index contributed by atoms with van der Waals surface area (Å²) in [5.74, 6) is 2.46. The molecule has 8 nitrogen and oxygen atoms in total. The van der Waals surface area contributed by atoms with Crippen molar-refractivity contribution >= 4 is 11.7 Å². The molecule has 0 radical (unpaired) electrons. The Kier molecular flexibility index (Phi) is 6.66. The third-order valence-electron chi connectivity index (χ3n) is 5.09. The number of amides is 2. The molecule has 2 amide bonds. The Bertz CT molecular complexity index is 992. The first-order valence-electron chi connectivity index (χ1n) is 10.5. The molecule has 1 aromatic heterocycles. The van der Waals surface area contributed by atoms with Gasteiger partial charge in [-0.05, 0) is 44.0 Å². The maximum atomic E-state index is 12.8. The van der Waals surface area contributed by atoms with Crippen LogP contribution in [0.1, 0.15) is 37.4 Å². The molecule has 1 N–H and O–H groups in total. The van der Waals surface area contributed by atoms with Gasteiger partial charge in [-0.2, -0.15) is 4.98 Å². The summed E-state index contributed by atoms with van der Waals surface area (Å²) in [7, 11) is 0. The maximum absolute atomic E-state index is 12.8. The molecule has 1 atom stereocenters. The van der Waals surface area contributed by atoms with E-state index in [9.17, 15) is 4.79 Å². The highest BCUT2D eigenvalue weighted by molar-refractivity contribution is 5.91. The van der Waals surface area contributed by atoms with E-state index in [2.05, 4.69) is 15.5 Å². The maximum Gasteiger partial charge on any atom is 0.321 e. The van der Waals surface area contributed by atoms with Gasteiger partial charge >= 0.3 is 6.03 Å². The van der Waals surface area contributed by atoms with E-state index in [4.69, 9.17) is 14.0 Å². The molecule has 4 rings (SSSR count). The molecule has 31 heavy (non-hydrogen) atoms. The predicted molar refractivity (Wildman–Crippen MR) is 115 cm³/mol. The number of carbonyl (C=O) groups is 1. The largest absolute Gasteiger partial charge is 0.492 e. The number of nitrogens with zero attached hydrogens (tertiary/aromatic N) is 3. The molecule has 1 unspecified atom stereocenters. The Morgan fingerprint density at radius 3 is 2.81 bits per heavy atom. The number of benzene rings is 2. The molecule has 162 valence electrons. The summed E-state index contributed by atoms with van der Waals surface area (Å²) in [6, 6.07) is 16.8. The number of hydrogen-bond acceptors (Lipinski definition) is 6. The van der Waals surface area contributed by atoms with Crippen molar-refractivity contribution in [2.24, 2.45) is 0 Å². The van der Waals surface area contributed by atoms with Gasteiger partial charge in [0.15, 0.2) is 12.4 Å². The molecule has 1 aliphatic rings. The lowest BCUT2D eigenvalue weighted by Crippen LogP contribution is -2.41. The minimum Gasteiger partial charge on any atom is -0.492 e. The second-order valence-electron chi connectivity index (χ2n) is 7.29. The first kappa shape index (κ1) is 20.7. The Morgan fingerprint density at radius 2 is 1.97 bits per heavy atom. The van der Waals surface area contributed by atoms with Crippen LogP contribution in [-0.4, -0.2) is 40.8 Å². The van der Waals surface area contributed by atoms with Crippen molar-refractivity contribution in [3.8, 4) is 11.5 Å². The van der Waals surface area contributed by atoms with Crippen LogP contribution in [0.3, 0.4) is 0 Å². The van der Waals surface area contributed by atoms with Gasteiger partial charge in [-0.15, -0.1) is 0 Å². The number of anilines is 1. The third kappa shape index (κ3) is 5.33. The highest BCUT2D eigenvalue weighted by Gasteiger charge is 2.28. The van der Waals surface area contributed by atoms with E-state index < -0.39 is 0 Å². The van der Waals surface area contributed by atoms with Crippen LogP contribution in [0.4, 0.5) is 10.5 Å². The molecule has 0 spiro atoms. The van der Waals surface area contributed by atoms with Crippen molar-refractivity contribution in [3.63, 3.8) is 0 Å². The average molecular weight is 422 g/mol. The number of aromatic nitrogens is 2. The van der Waals surface area contributed by atoms with Crippen LogP contribution in [0, 0.1) is 0 Å². The second kappa shape index (κ2) is 9.97. The van der Waals surface area contributed by atoms with Gasteiger partial charge in [-0.25, -0.2) is 4.79 Å². The van der Waals surface area contributed by atoms with Crippen LogP contribution in [0.5, 0.6) is 11.5 Å². The van der Waals surface area contributed by atoms with Gasteiger partial charge in [0.1, 0.15) is 11.5 Å². The molecule has 2 aromatic carbocycles. The highest BCUT2D eigenvalue weighted by Crippen LogP contribution is 2.28. The van der Waals surface area contributed by atoms with Crippen LogP contribution < -0.4 is 14.8 Å². The van der Waals surface area contributed by atoms with Crippen LogP contribution in [0.25, 0.3) is 0 Å². The Morgan fingerprint density at radius 1 is 1.16 bits per heavy atom. The minimum atomic E-state index is -0.159. The Labute approximate surface area is 181 Å². The molecular weight excluding hydrogens is 396 g/mol. The Hall–Kier alpha value is -3.55. The molecule has 1 fully saturated rings. The zero-order valence-corrected chi connectivity index (χ0v) is 17.5. The van der Waals surface area contributed by atoms with Gasteiger partial charge in [-0.1, -0.05) is 35.5 Å². The van der Waals surface area contributed by atoms with Crippen LogP contribution in [-0.2, 0) is 6.61 Å². The second-order valence-corrected chi connectivity index (χ2v) is 7.29. The lowest BCUT2D eigenvalue weighted by molar-refractivity contribution is 0.190. The summed E-state index contributed by atoms with van der Waals surface area (Å²) in [6.45, 7) is 3.87. The van der Waals surface area contributed by atoms with Crippen molar-refractivity contribution in [2.75, 3.05) is 25.0 Å². The fraction of sp³-hybridized carbons (Fsp3) is 0.348. The number of rotatable bonds is 7. The zero-order chi connectivity index (χ0) is 21.5. The number of urea groups is 1. The van der Waals surface area contributed by atoms with E-state index in [1.807, 2.05) is 61.5 Å². The number of nitrogens with one attached hydrogen (secondary N) is 1. The van der Waals surface area contributed by atoms with Gasteiger partial charge in [0.05, 0.1) is 12.3 Å². The number of carbonyl (C=O) groups excluding carboxylic acids is 1. The zero-order valence-electron chi connectivity index (χ0n) is 17.5. The summed E-state index contributed by atoms with van der Waals surface area (Å²) in [6.07, 6.45) is 1.77. The van der Waals surface area contributed by atoms with Gasteiger partial charge in [-0.3, -0.25) is 0 Å². The van der Waals surface area contributed by atoms with E-state index in [0.717, 1.165) is 18.6 Å². The fourth-order valence-electron chi connectivity index (χ4n) is 3.57. The summed E-state index contributed by atoms with van der Waals surface area (Å²) >= 11 is 0. The monoisotopic (exact) mass is 422 g/mol. The molecule has 2 heterocycles. The lowest BCUT2D eigenvalue weighted by atomic mass is 9.98. The normalized spacial score (nSPS) is 16.0. The van der Waals surface area contributed by atoms with E-state index in [1.54, 1.807) is 4.90 Å². The Balaban J connectivity index is 1.35. The highest BCUT2D eigenvalue weighted by atomic mass is 16.5. The van der Waals surface area contributed by atoms with Crippen molar-refractivity contribution in [1.82, 2.24) is 15.0 Å². The molecule has 1 aliphatic heterocycles. The minimum absolute atomic E-state index is 0.0239. The summed E-state index contributed by atoms with van der Waals surface area (Å²) in [5, 5.41) is 7.08. The quantitative estimate of drug-likeness (QED) is 0.605. The van der Waals surface area contributed by atoms with Gasteiger partial charge in [0, 0.05) is 19.0 Å². The number of likely N-dealkylation sites (tertiary alicyclic amines) is 1. The van der Waals surface area contributed by atoms with Crippen molar-refractivity contribution in [2.45, 2.75) is 32.3 Å². The lowest BCUT2D eigenvalue weighted by Gasteiger charge is -2.31. The molecule has 3 aromatic rings. The molecule has 0 aliphatic carbocycles. The first-order chi connectivity index (χ1) is 15.2. The van der Waals surface area contributed by atoms with Gasteiger partial charge < -0.3 is 24.2 Å². The van der Waals surface area contributed by atoms with Crippen LogP contribution in [0.2, 0.25) is 0 Å².